The number of amides is 2. The van der Waals surface area contributed by atoms with E-state index in [2.05, 4.69) is 14.9 Å². The number of likely N-dealkylation sites (N-methyl/N-ethyl adjacent to an activating group) is 1. The Morgan fingerprint density at radius 2 is 2.00 bits per heavy atom. The van der Waals surface area contributed by atoms with Crippen molar-refractivity contribution in [2.24, 2.45) is 11.8 Å². The van der Waals surface area contributed by atoms with Gasteiger partial charge in [0.25, 0.3) is 0 Å². The molecular weight excluding hydrogens is 270 g/mol. The number of anilines is 1. The maximum Gasteiger partial charge on any atom is 0.241 e. The van der Waals surface area contributed by atoms with E-state index in [1.165, 1.54) is 4.90 Å². The average molecular weight is 289 g/mol. The zero-order valence-corrected chi connectivity index (χ0v) is 12.3. The minimum atomic E-state index is -0.0382. The van der Waals surface area contributed by atoms with Crippen LogP contribution in [0.5, 0.6) is 0 Å². The maximum atomic E-state index is 12.4. The molecule has 7 nitrogen and oxygen atoms in total. The summed E-state index contributed by atoms with van der Waals surface area (Å²) in [6, 6.07) is 1.78. The van der Waals surface area contributed by atoms with E-state index in [4.69, 9.17) is 0 Å². The Hall–Kier alpha value is -2.18. The predicted octanol–water partition coefficient (Wildman–Crippen LogP) is -0.541. The summed E-state index contributed by atoms with van der Waals surface area (Å²) in [7, 11) is 3.41. The van der Waals surface area contributed by atoms with Gasteiger partial charge in [0, 0.05) is 52.0 Å². The van der Waals surface area contributed by atoms with Crippen LogP contribution in [0.15, 0.2) is 18.5 Å². The van der Waals surface area contributed by atoms with Crippen LogP contribution in [-0.2, 0) is 9.59 Å². The quantitative estimate of drug-likeness (QED) is 0.747. The highest BCUT2D eigenvalue weighted by Crippen LogP contribution is 2.33. The summed E-state index contributed by atoms with van der Waals surface area (Å²) >= 11 is 0. The molecule has 0 N–H and O–H groups in total. The molecule has 2 aliphatic rings. The molecule has 2 atom stereocenters. The lowest BCUT2D eigenvalue weighted by atomic mass is 10.0. The number of likely N-dealkylation sites (tertiary alicyclic amines) is 1. The number of rotatable bonds is 3. The second-order valence-electron chi connectivity index (χ2n) is 5.83. The summed E-state index contributed by atoms with van der Waals surface area (Å²) in [6.45, 7) is 2.24. The lowest BCUT2D eigenvalue weighted by Crippen LogP contribution is -2.40. The number of fused-ring (bicyclic) bond motifs is 1. The van der Waals surface area contributed by atoms with Gasteiger partial charge in [-0.2, -0.15) is 0 Å². The molecular formula is C14H19N5O2. The first-order valence-corrected chi connectivity index (χ1v) is 7.07. The molecule has 2 aliphatic heterocycles. The summed E-state index contributed by atoms with van der Waals surface area (Å²) in [4.78, 5) is 37.9. The van der Waals surface area contributed by atoms with Crippen molar-refractivity contribution in [1.29, 1.82) is 0 Å². The van der Waals surface area contributed by atoms with Gasteiger partial charge in [0.05, 0.1) is 12.5 Å². The standard InChI is InChI=1S/C14H19N5O2/c1-17(2)12(20)9-18-6-10-7-19(8-11(10)13(18)21)14-15-4-3-5-16-14/h3-5,10-11H,6-9H2,1-2H3/t10-,11+/m1/s1. The smallest absolute Gasteiger partial charge is 0.241 e. The zero-order valence-electron chi connectivity index (χ0n) is 12.3. The highest BCUT2D eigenvalue weighted by molar-refractivity contribution is 5.88. The minimum absolute atomic E-state index is 0.0356. The van der Waals surface area contributed by atoms with Crippen molar-refractivity contribution in [1.82, 2.24) is 19.8 Å². The molecule has 0 aromatic carbocycles. The maximum absolute atomic E-state index is 12.4. The van der Waals surface area contributed by atoms with Crippen LogP contribution in [0, 0.1) is 11.8 Å². The second kappa shape index (κ2) is 5.31. The zero-order chi connectivity index (χ0) is 15.0. The van der Waals surface area contributed by atoms with Crippen LogP contribution in [0.3, 0.4) is 0 Å². The van der Waals surface area contributed by atoms with Crippen LogP contribution in [0.25, 0.3) is 0 Å². The first-order chi connectivity index (χ1) is 10.1. The molecule has 7 heteroatoms. The van der Waals surface area contributed by atoms with Crippen molar-refractivity contribution in [3.63, 3.8) is 0 Å². The van der Waals surface area contributed by atoms with Crippen molar-refractivity contribution in [3.05, 3.63) is 18.5 Å². The Kier molecular flexibility index (Phi) is 3.48. The Labute approximate surface area is 123 Å². The van der Waals surface area contributed by atoms with Crippen molar-refractivity contribution >= 4 is 17.8 Å². The van der Waals surface area contributed by atoms with Gasteiger partial charge in [0.2, 0.25) is 17.8 Å². The lowest BCUT2D eigenvalue weighted by Gasteiger charge is -2.22. The van der Waals surface area contributed by atoms with Gasteiger partial charge in [0.15, 0.2) is 0 Å². The Balaban J connectivity index is 1.64. The Morgan fingerprint density at radius 3 is 2.62 bits per heavy atom. The monoisotopic (exact) mass is 289 g/mol. The molecule has 0 radical (unpaired) electrons. The number of carbonyl (C=O) groups is 2. The number of carbonyl (C=O) groups excluding carboxylic acids is 2. The molecule has 1 aromatic heterocycles. The third-order valence-corrected chi connectivity index (χ3v) is 4.18. The largest absolute Gasteiger partial charge is 0.347 e. The van der Waals surface area contributed by atoms with Gasteiger partial charge in [0.1, 0.15) is 0 Å². The Morgan fingerprint density at radius 1 is 1.29 bits per heavy atom. The minimum Gasteiger partial charge on any atom is -0.347 e. The molecule has 3 heterocycles. The number of hydrogen-bond donors (Lipinski definition) is 0. The van der Waals surface area contributed by atoms with Crippen LogP contribution in [0.4, 0.5) is 5.95 Å². The van der Waals surface area contributed by atoms with E-state index >= 15 is 0 Å². The van der Waals surface area contributed by atoms with Gasteiger partial charge in [-0.25, -0.2) is 9.97 Å². The van der Waals surface area contributed by atoms with Crippen molar-refractivity contribution in [2.75, 3.05) is 45.2 Å². The molecule has 2 saturated heterocycles. The van der Waals surface area contributed by atoms with E-state index in [1.54, 1.807) is 37.5 Å². The number of nitrogens with zero attached hydrogens (tertiary/aromatic N) is 5. The number of hydrogen-bond acceptors (Lipinski definition) is 5. The summed E-state index contributed by atoms with van der Waals surface area (Å²) in [5.41, 5.74) is 0. The Bertz CT molecular complexity index is 548. The van der Waals surface area contributed by atoms with Gasteiger partial charge in [-0.3, -0.25) is 9.59 Å². The average Bonchev–Trinajstić information content (AvgIpc) is 3.01. The number of aromatic nitrogens is 2. The predicted molar refractivity (Wildman–Crippen MR) is 76.5 cm³/mol. The molecule has 0 aliphatic carbocycles. The van der Waals surface area contributed by atoms with E-state index in [-0.39, 0.29) is 30.2 Å². The molecule has 1 aromatic rings. The van der Waals surface area contributed by atoms with Gasteiger partial charge < -0.3 is 14.7 Å². The molecule has 0 spiro atoms. The SMILES string of the molecule is CN(C)C(=O)CN1C[C@@H]2CN(c3ncccn3)C[C@@H]2C1=O. The summed E-state index contributed by atoms with van der Waals surface area (Å²) in [5, 5.41) is 0. The highest BCUT2D eigenvalue weighted by Gasteiger charge is 2.47. The van der Waals surface area contributed by atoms with Crippen LogP contribution in [0.2, 0.25) is 0 Å². The van der Waals surface area contributed by atoms with E-state index < -0.39 is 0 Å². The molecule has 3 rings (SSSR count). The molecule has 2 fully saturated rings. The van der Waals surface area contributed by atoms with E-state index in [9.17, 15) is 9.59 Å². The van der Waals surface area contributed by atoms with Crippen molar-refractivity contribution < 1.29 is 9.59 Å². The van der Waals surface area contributed by atoms with Crippen LogP contribution in [-0.4, -0.2) is 71.9 Å². The fourth-order valence-corrected chi connectivity index (χ4v) is 3.01. The summed E-state index contributed by atoms with van der Waals surface area (Å²) < 4.78 is 0. The van der Waals surface area contributed by atoms with Crippen LogP contribution < -0.4 is 4.90 Å². The van der Waals surface area contributed by atoms with Crippen molar-refractivity contribution in [3.8, 4) is 0 Å². The van der Waals surface area contributed by atoms with Gasteiger partial charge in [-0.1, -0.05) is 0 Å². The highest BCUT2D eigenvalue weighted by atomic mass is 16.2. The van der Waals surface area contributed by atoms with Crippen LogP contribution >= 0.6 is 0 Å². The fraction of sp³-hybridized carbons (Fsp3) is 0.571. The van der Waals surface area contributed by atoms with E-state index in [0.717, 1.165) is 6.54 Å². The molecule has 0 unspecified atom stereocenters. The van der Waals surface area contributed by atoms with E-state index in [1.807, 2.05) is 0 Å². The molecule has 21 heavy (non-hydrogen) atoms. The van der Waals surface area contributed by atoms with Crippen LogP contribution in [0.1, 0.15) is 0 Å². The van der Waals surface area contributed by atoms with Gasteiger partial charge in [-0.15, -0.1) is 0 Å². The second-order valence-corrected chi connectivity index (χ2v) is 5.83. The lowest BCUT2D eigenvalue weighted by molar-refractivity contribution is -0.138. The topological polar surface area (TPSA) is 69.6 Å². The molecule has 112 valence electrons. The third-order valence-electron chi connectivity index (χ3n) is 4.18. The third kappa shape index (κ3) is 2.55. The summed E-state index contributed by atoms with van der Waals surface area (Å²) in [5.74, 6) is 0.941. The molecule has 0 bridgehead atoms. The molecule has 0 saturated carbocycles. The first-order valence-electron chi connectivity index (χ1n) is 7.07. The van der Waals surface area contributed by atoms with E-state index in [0.29, 0.717) is 19.0 Å². The first kappa shape index (κ1) is 13.8. The molecule has 2 amide bonds. The fourth-order valence-electron chi connectivity index (χ4n) is 3.01. The van der Waals surface area contributed by atoms with Gasteiger partial charge >= 0.3 is 0 Å². The van der Waals surface area contributed by atoms with Gasteiger partial charge in [-0.05, 0) is 6.07 Å². The summed E-state index contributed by atoms with van der Waals surface area (Å²) in [6.07, 6.45) is 3.42. The normalized spacial score (nSPS) is 24.4. The van der Waals surface area contributed by atoms with Crippen molar-refractivity contribution in [2.45, 2.75) is 0 Å².